The van der Waals surface area contributed by atoms with Crippen LogP contribution in [0.25, 0.3) is 27.6 Å². The fourth-order valence-electron chi connectivity index (χ4n) is 10.1. The van der Waals surface area contributed by atoms with Crippen molar-refractivity contribution in [1.82, 2.24) is 0 Å². The minimum Gasteiger partial charge on any atom is -0.477 e. The highest BCUT2D eigenvalue weighted by Gasteiger charge is 2.48. The summed E-state index contributed by atoms with van der Waals surface area (Å²) in [5.74, 6) is 1.27. The van der Waals surface area contributed by atoms with Gasteiger partial charge >= 0.3 is 5.97 Å². The fourth-order valence-corrected chi connectivity index (χ4v) is 10.1. The van der Waals surface area contributed by atoms with Gasteiger partial charge in [-0.2, -0.15) is 0 Å². The van der Waals surface area contributed by atoms with E-state index in [1.54, 1.807) is 39.1 Å². The third-order valence-electron chi connectivity index (χ3n) is 12.3. The van der Waals surface area contributed by atoms with Crippen LogP contribution in [0.3, 0.4) is 0 Å². The van der Waals surface area contributed by atoms with Crippen molar-refractivity contribution in [1.29, 1.82) is 0 Å². The highest BCUT2D eigenvalue weighted by atomic mass is 16.7. The maximum atomic E-state index is 10.8. The number of aliphatic carboxylic acids is 1. The van der Waals surface area contributed by atoms with E-state index < -0.39 is 12.3 Å². The summed E-state index contributed by atoms with van der Waals surface area (Å²) in [6.45, 7) is 0.258. The first-order valence-electron chi connectivity index (χ1n) is 18.4. The van der Waals surface area contributed by atoms with Crippen molar-refractivity contribution in [3.8, 4) is 5.75 Å². The fraction of sp³-hybridized carbons (Fsp3) is 0.465. The molecule has 1 atom stereocenters. The largest absolute Gasteiger partial charge is 0.477 e. The van der Waals surface area contributed by atoms with Gasteiger partial charge in [-0.25, -0.2) is 4.79 Å². The Labute approximate surface area is 279 Å². The predicted octanol–water partition coefficient (Wildman–Crippen LogP) is 10.7. The first kappa shape index (κ1) is 30.7. The van der Waals surface area contributed by atoms with Crippen LogP contribution in [0.4, 0.5) is 0 Å². The Kier molecular flexibility index (Phi) is 8.56. The number of aryl methyl sites for hydroxylation is 2. The zero-order chi connectivity index (χ0) is 31.8. The third kappa shape index (κ3) is 5.57. The van der Waals surface area contributed by atoms with Crippen molar-refractivity contribution in [2.24, 2.45) is 11.8 Å². The van der Waals surface area contributed by atoms with Crippen LogP contribution in [-0.4, -0.2) is 17.4 Å². The summed E-state index contributed by atoms with van der Waals surface area (Å²) in [5.41, 5.74) is 7.95. The van der Waals surface area contributed by atoms with Gasteiger partial charge in [0.25, 0.3) is 6.29 Å². The van der Waals surface area contributed by atoms with Crippen molar-refractivity contribution in [3.05, 3.63) is 94.6 Å². The van der Waals surface area contributed by atoms with Gasteiger partial charge in [0.15, 0.2) is 0 Å². The molecular weight excluding hydrogens is 580 g/mol. The van der Waals surface area contributed by atoms with Gasteiger partial charge in [-0.1, -0.05) is 105 Å². The molecule has 4 aliphatic carbocycles. The Balaban J connectivity index is 0.000000162. The van der Waals surface area contributed by atoms with E-state index in [9.17, 15) is 4.79 Å². The van der Waals surface area contributed by atoms with Crippen LogP contribution in [0.2, 0.25) is 0 Å². The van der Waals surface area contributed by atoms with Gasteiger partial charge in [-0.15, -0.1) is 0 Å². The first-order chi connectivity index (χ1) is 23.1. The number of hydrogen-bond donors (Lipinski definition) is 1. The minimum atomic E-state index is -1.20. The zero-order valence-electron chi connectivity index (χ0n) is 27.6. The molecule has 0 bridgehead atoms. The van der Waals surface area contributed by atoms with Crippen LogP contribution in [0.1, 0.15) is 111 Å². The minimum absolute atomic E-state index is 0.258. The van der Waals surface area contributed by atoms with E-state index >= 15 is 0 Å². The molecule has 0 saturated heterocycles. The zero-order valence-corrected chi connectivity index (χ0v) is 27.6. The van der Waals surface area contributed by atoms with Gasteiger partial charge in [-0.3, -0.25) is 0 Å². The van der Waals surface area contributed by atoms with Gasteiger partial charge in [0, 0.05) is 11.0 Å². The molecular formula is C43H48O4. The molecule has 4 heteroatoms. The predicted molar refractivity (Wildman–Crippen MR) is 190 cm³/mol. The summed E-state index contributed by atoms with van der Waals surface area (Å²) in [4.78, 5) is 10.8. The molecule has 0 radical (unpaired) electrons. The highest BCUT2D eigenvalue weighted by Crippen LogP contribution is 2.56. The smallest absolute Gasteiger partial charge is 0.373 e. The summed E-state index contributed by atoms with van der Waals surface area (Å²) in [7, 11) is 0. The van der Waals surface area contributed by atoms with Gasteiger partial charge < -0.3 is 14.6 Å². The van der Waals surface area contributed by atoms with Crippen molar-refractivity contribution in [2.45, 2.75) is 115 Å². The Morgan fingerprint density at radius 2 is 1.43 bits per heavy atom. The standard InChI is InChI=1S/C30H38.C13H10O4/c1-3-11-23(12-4-1)30(24-13-5-2-6-14-24)21-9-16-28-27-18-17-22-10-7-8-15-25(22)26(27)19-20-29(28)30;14-12(15)13-16-7-10-9-4-2-1-3-8(9)5-6-11(10)17-13/h9,16-20,23-24H,1-8,10-15,21H2;1-6,13H,7H2,(H,14,15). The molecule has 4 aromatic carbocycles. The maximum absolute atomic E-state index is 10.8. The van der Waals surface area contributed by atoms with E-state index in [1.807, 2.05) is 30.3 Å². The molecule has 4 aromatic rings. The molecule has 4 nitrogen and oxygen atoms in total. The molecule has 1 unspecified atom stereocenters. The number of rotatable bonds is 3. The van der Waals surface area contributed by atoms with Crippen LogP contribution in [0, 0.1) is 11.8 Å². The summed E-state index contributed by atoms with van der Waals surface area (Å²) in [5, 5.41) is 14.1. The van der Waals surface area contributed by atoms with Crippen LogP contribution in [-0.2, 0) is 34.4 Å². The summed E-state index contributed by atoms with van der Waals surface area (Å²) in [6.07, 6.45) is 25.1. The summed E-state index contributed by atoms with van der Waals surface area (Å²) in [6, 6.07) is 21.7. The number of benzene rings is 4. The molecule has 244 valence electrons. The van der Waals surface area contributed by atoms with Crippen molar-refractivity contribution in [3.63, 3.8) is 0 Å². The SMILES string of the molecule is C1=Cc2c(ccc3c4c(ccc23)CCCC4)C(C2CCCCC2)(C2CCCCC2)C1.O=C(O)C1OCc2c(ccc3ccccc23)O1. The second-order valence-corrected chi connectivity index (χ2v) is 14.7. The molecule has 2 saturated carbocycles. The maximum Gasteiger partial charge on any atom is 0.373 e. The van der Waals surface area contributed by atoms with Crippen molar-refractivity contribution >= 4 is 33.6 Å². The van der Waals surface area contributed by atoms with Crippen LogP contribution in [0.5, 0.6) is 5.75 Å². The Morgan fingerprint density at radius 1 is 0.702 bits per heavy atom. The molecule has 9 rings (SSSR count). The molecule has 0 amide bonds. The monoisotopic (exact) mass is 628 g/mol. The number of hydrogen-bond acceptors (Lipinski definition) is 3. The molecule has 1 aliphatic heterocycles. The van der Waals surface area contributed by atoms with E-state index in [1.165, 1.54) is 96.3 Å². The van der Waals surface area contributed by atoms with Crippen LogP contribution >= 0.6 is 0 Å². The lowest BCUT2D eigenvalue weighted by Crippen LogP contribution is -2.45. The number of carboxylic acids is 1. The lowest BCUT2D eigenvalue weighted by atomic mass is 9.52. The van der Waals surface area contributed by atoms with E-state index in [0.717, 1.165) is 28.2 Å². The average Bonchev–Trinajstić information content (AvgIpc) is 3.15. The number of carbonyl (C=O) groups is 1. The molecule has 47 heavy (non-hydrogen) atoms. The quantitative estimate of drug-likeness (QED) is 0.245. The molecule has 2 fully saturated rings. The molecule has 1 N–H and O–H groups in total. The summed E-state index contributed by atoms with van der Waals surface area (Å²) < 4.78 is 10.4. The van der Waals surface area contributed by atoms with E-state index in [4.69, 9.17) is 14.6 Å². The van der Waals surface area contributed by atoms with Crippen LogP contribution < -0.4 is 4.74 Å². The number of ether oxygens (including phenoxy) is 2. The molecule has 1 heterocycles. The van der Waals surface area contributed by atoms with E-state index in [0.29, 0.717) is 11.2 Å². The highest BCUT2D eigenvalue weighted by molar-refractivity contribution is 5.96. The number of allylic oxidation sites excluding steroid dienone is 1. The van der Waals surface area contributed by atoms with E-state index in [-0.39, 0.29) is 6.61 Å². The van der Waals surface area contributed by atoms with Gasteiger partial charge in [0.2, 0.25) is 0 Å². The second-order valence-electron chi connectivity index (χ2n) is 14.7. The van der Waals surface area contributed by atoms with Gasteiger partial charge in [0.05, 0.1) is 6.61 Å². The Morgan fingerprint density at radius 3 is 2.19 bits per heavy atom. The normalized spacial score (nSPS) is 22.3. The Bertz CT molecular complexity index is 1790. The van der Waals surface area contributed by atoms with Crippen molar-refractivity contribution < 1.29 is 19.4 Å². The average molecular weight is 629 g/mol. The third-order valence-corrected chi connectivity index (χ3v) is 12.3. The van der Waals surface area contributed by atoms with Gasteiger partial charge in [0.1, 0.15) is 5.75 Å². The molecule has 5 aliphatic rings. The number of fused-ring (bicyclic) bond motifs is 8. The van der Waals surface area contributed by atoms with Crippen LogP contribution in [0.15, 0.2) is 66.7 Å². The first-order valence-corrected chi connectivity index (χ1v) is 18.4. The van der Waals surface area contributed by atoms with E-state index in [2.05, 4.69) is 36.4 Å². The van der Waals surface area contributed by atoms with Gasteiger partial charge in [-0.05, 0) is 119 Å². The number of carboxylic acid groups (broad SMARTS) is 1. The van der Waals surface area contributed by atoms with Crippen molar-refractivity contribution in [2.75, 3.05) is 0 Å². The lowest BCUT2D eigenvalue weighted by molar-refractivity contribution is -0.177. The second kappa shape index (κ2) is 13.1. The lowest BCUT2D eigenvalue weighted by Gasteiger charge is -2.51. The molecule has 0 aromatic heterocycles. The Hall–Kier alpha value is -3.63. The topological polar surface area (TPSA) is 55.8 Å². The summed E-state index contributed by atoms with van der Waals surface area (Å²) >= 11 is 0. The molecule has 0 spiro atoms.